The van der Waals surface area contributed by atoms with Crippen molar-refractivity contribution >= 4 is 23.3 Å². The lowest BCUT2D eigenvalue weighted by Crippen LogP contribution is -2.64. The Kier molecular flexibility index (Phi) is 15.5. The number of anilines is 2. The Labute approximate surface area is 423 Å². The van der Waals surface area contributed by atoms with E-state index in [0.717, 1.165) is 111 Å². The van der Waals surface area contributed by atoms with E-state index in [2.05, 4.69) is 102 Å². The van der Waals surface area contributed by atoms with Crippen LogP contribution in [0.4, 0.5) is 11.4 Å². The first-order chi connectivity index (χ1) is 35.4. The summed E-state index contributed by atoms with van der Waals surface area (Å²) in [7, 11) is 3.38. The van der Waals surface area contributed by atoms with E-state index >= 15 is 0 Å². The van der Waals surface area contributed by atoms with E-state index in [4.69, 9.17) is 19.1 Å². The Morgan fingerprint density at radius 2 is 0.806 bits per heavy atom. The van der Waals surface area contributed by atoms with Gasteiger partial charge < -0.3 is 19.1 Å². The number of fused-ring (bicyclic) bond motifs is 2. The number of carbonyl (C=O) groups is 2. The van der Waals surface area contributed by atoms with Crippen LogP contribution < -0.4 is 19.6 Å². The van der Waals surface area contributed by atoms with Crippen LogP contribution in [0.5, 0.6) is 11.5 Å². The SMILES string of the molecule is COc1ccccc1CN1Cc2ccccc2N(OC(=O)/C=C/C(=O)ON2c3ccccc3CN(Cc3ccccc3OC)C2N2CCN(Cc3ccccc3)CC2)C1N1CCN(Cc2ccccc2)CC1. The van der Waals surface area contributed by atoms with Crippen molar-refractivity contribution < 1.29 is 28.7 Å². The molecule has 0 amide bonds. The first-order valence-corrected chi connectivity index (χ1v) is 25.0. The van der Waals surface area contributed by atoms with E-state index in [9.17, 15) is 9.59 Å². The highest BCUT2D eigenvalue weighted by atomic mass is 16.7. The lowest BCUT2D eigenvalue weighted by atomic mass is 10.1. The minimum Gasteiger partial charge on any atom is -0.496 e. The second kappa shape index (κ2) is 23.0. The van der Waals surface area contributed by atoms with Crippen LogP contribution in [-0.4, -0.2) is 120 Å². The van der Waals surface area contributed by atoms with Gasteiger partial charge in [0.25, 0.3) is 0 Å². The standard InChI is InChI=1S/C58H64N8O6/c1-69-53-27-15-11-23-49(53)43-63-41-47-21-9-13-25-51(47)65(57(63)61-35-31-59(32-36-61)39-45-17-5-3-6-18-45)71-55(67)29-30-56(68)72-66-52-26-14-10-22-48(52)42-64(44-50-24-12-16-28-54(50)70-2)58(66)62-37-33-60(34-38-62)40-46-19-7-4-8-20-46/h3-30,57-58H,31-44H2,1-2H3/b30-29+. The molecule has 0 aromatic heterocycles. The zero-order chi connectivity index (χ0) is 49.2. The van der Waals surface area contributed by atoms with Crippen LogP contribution >= 0.6 is 0 Å². The zero-order valence-corrected chi connectivity index (χ0v) is 41.2. The molecule has 372 valence electrons. The second-order valence-electron chi connectivity index (χ2n) is 18.8. The van der Waals surface area contributed by atoms with Crippen LogP contribution in [-0.2, 0) is 58.5 Å². The highest BCUT2D eigenvalue weighted by Gasteiger charge is 2.42. The second-order valence-corrected chi connectivity index (χ2v) is 18.8. The minimum atomic E-state index is -0.698. The fraction of sp³-hybridized carbons (Fsp3) is 0.310. The summed E-state index contributed by atoms with van der Waals surface area (Å²) in [6.45, 7) is 10.4. The van der Waals surface area contributed by atoms with Crippen LogP contribution in [0.3, 0.4) is 0 Å². The molecule has 2 atom stereocenters. The van der Waals surface area contributed by atoms with Gasteiger partial charge >= 0.3 is 11.9 Å². The summed E-state index contributed by atoms with van der Waals surface area (Å²) in [5.74, 6) is 0.187. The molecule has 72 heavy (non-hydrogen) atoms. The largest absolute Gasteiger partial charge is 0.496 e. The third kappa shape index (κ3) is 11.3. The third-order valence-corrected chi connectivity index (χ3v) is 14.1. The van der Waals surface area contributed by atoms with Crippen molar-refractivity contribution in [2.45, 2.75) is 51.8 Å². The summed E-state index contributed by atoms with van der Waals surface area (Å²) in [5.41, 5.74) is 8.20. The van der Waals surface area contributed by atoms with E-state index in [1.807, 2.05) is 84.9 Å². The van der Waals surface area contributed by atoms with Gasteiger partial charge in [-0.25, -0.2) is 9.59 Å². The lowest BCUT2D eigenvalue weighted by molar-refractivity contribution is -0.151. The highest BCUT2D eigenvalue weighted by Crippen LogP contribution is 2.37. The van der Waals surface area contributed by atoms with Crippen LogP contribution in [0, 0.1) is 0 Å². The van der Waals surface area contributed by atoms with Crippen molar-refractivity contribution in [1.29, 1.82) is 0 Å². The molecule has 4 aliphatic heterocycles. The van der Waals surface area contributed by atoms with Gasteiger partial charge in [0, 0.05) is 115 Å². The lowest BCUT2D eigenvalue weighted by Gasteiger charge is -2.50. The molecule has 14 nitrogen and oxygen atoms in total. The first-order valence-electron chi connectivity index (χ1n) is 25.0. The van der Waals surface area contributed by atoms with Gasteiger partial charge in [0.1, 0.15) is 11.5 Å². The van der Waals surface area contributed by atoms with Gasteiger partial charge in [-0.1, -0.05) is 133 Å². The number of hydrogen-bond acceptors (Lipinski definition) is 14. The van der Waals surface area contributed by atoms with E-state index < -0.39 is 24.5 Å². The van der Waals surface area contributed by atoms with Gasteiger partial charge in [-0.3, -0.25) is 29.4 Å². The summed E-state index contributed by atoms with van der Waals surface area (Å²) in [6.07, 6.45) is 1.44. The number of hydrogen-bond donors (Lipinski definition) is 0. The van der Waals surface area contributed by atoms with Crippen LogP contribution in [0.1, 0.15) is 33.4 Å². The molecular formula is C58H64N8O6. The van der Waals surface area contributed by atoms with Crippen molar-refractivity contribution in [2.75, 3.05) is 76.7 Å². The molecule has 0 N–H and O–H groups in total. The number of nitrogens with zero attached hydrogens (tertiary/aromatic N) is 8. The average molecular weight is 969 g/mol. The predicted molar refractivity (Wildman–Crippen MR) is 278 cm³/mol. The first kappa shape index (κ1) is 48.6. The Hall–Kier alpha value is -7.04. The summed E-state index contributed by atoms with van der Waals surface area (Å²) >= 11 is 0. The summed E-state index contributed by atoms with van der Waals surface area (Å²) in [6, 6.07) is 53.2. The van der Waals surface area contributed by atoms with Gasteiger partial charge in [0.05, 0.1) is 25.6 Å². The molecule has 2 unspecified atom stereocenters. The van der Waals surface area contributed by atoms with Crippen molar-refractivity contribution in [1.82, 2.24) is 29.4 Å². The zero-order valence-electron chi connectivity index (χ0n) is 41.2. The smallest absolute Gasteiger partial charge is 0.356 e. The van der Waals surface area contributed by atoms with E-state index in [0.29, 0.717) is 26.2 Å². The molecule has 0 spiro atoms. The van der Waals surface area contributed by atoms with Crippen molar-refractivity contribution in [3.63, 3.8) is 0 Å². The maximum absolute atomic E-state index is 14.3. The van der Waals surface area contributed by atoms with Crippen molar-refractivity contribution in [2.24, 2.45) is 0 Å². The summed E-state index contributed by atoms with van der Waals surface area (Å²) in [4.78, 5) is 55.8. The normalized spacial score (nSPS) is 19.4. The number of para-hydroxylation sites is 4. The van der Waals surface area contributed by atoms with Crippen molar-refractivity contribution in [3.8, 4) is 11.5 Å². The summed E-state index contributed by atoms with van der Waals surface area (Å²) < 4.78 is 11.6. The molecule has 0 saturated carbocycles. The maximum atomic E-state index is 14.3. The Morgan fingerprint density at radius 3 is 1.21 bits per heavy atom. The molecule has 0 aliphatic carbocycles. The molecule has 4 aliphatic rings. The van der Waals surface area contributed by atoms with E-state index in [-0.39, 0.29) is 0 Å². The number of carbonyl (C=O) groups excluding carboxylic acids is 2. The van der Waals surface area contributed by atoms with Crippen LogP contribution in [0.15, 0.2) is 170 Å². The quantitative estimate of drug-likeness (QED) is 0.0886. The van der Waals surface area contributed by atoms with Gasteiger partial charge in [0.15, 0.2) is 12.6 Å². The molecule has 6 aromatic carbocycles. The third-order valence-electron chi connectivity index (χ3n) is 14.1. The molecular weight excluding hydrogens is 905 g/mol. The fourth-order valence-corrected chi connectivity index (χ4v) is 10.6. The number of methoxy groups -OCH3 is 2. The number of rotatable bonds is 16. The predicted octanol–water partition coefficient (Wildman–Crippen LogP) is 7.72. The molecule has 2 fully saturated rings. The van der Waals surface area contributed by atoms with E-state index in [1.165, 1.54) is 23.3 Å². The molecule has 4 heterocycles. The van der Waals surface area contributed by atoms with Crippen LogP contribution in [0.25, 0.3) is 0 Å². The molecule has 0 bridgehead atoms. The van der Waals surface area contributed by atoms with Gasteiger partial charge in [-0.05, 0) is 46.5 Å². The van der Waals surface area contributed by atoms with Crippen LogP contribution in [0.2, 0.25) is 0 Å². The summed E-state index contributed by atoms with van der Waals surface area (Å²) in [5, 5.41) is 3.45. The minimum absolute atomic E-state index is 0.457. The fourth-order valence-electron chi connectivity index (χ4n) is 10.6. The number of hydroxylamine groups is 2. The average Bonchev–Trinajstić information content (AvgIpc) is 3.42. The molecule has 6 aromatic rings. The highest BCUT2D eigenvalue weighted by molar-refractivity contribution is 5.92. The number of piperazine rings is 2. The maximum Gasteiger partial charge on any atom is 0.356 e. The van der Waals surface area contributed by atoms with Gasteiger partial charge in [-0.2, -0.15) is 10.1 Å². The molecule has 0 radical (unpaired) electrons. The Morgan fingerprint density at radius 1 is 0.444 bits per heavy atom. The monoisotopic (exact) mass is 968 g/mol. The number of benzene rings is 6. The van der Waals surface area contributed by atoms with E-state index in [1.54, 1.807) is 24.3 Å². The number of ether oxygens (including phenoxy) is 2. The van der Waals surface area contributed by atoms with Gasteiger partial charge in [-0.15, -0.1) is 0 Å². The molecule has 2 saturated heterocycles. The topological polar surface area (TPSA) is 97.0 Å². The Bertz CT molecular complexity index is 2590. The molecule has 14 heteroatoms. The Balaban J connectivity index is 0.901. The van der Waals surface area contributed by atoms with Crippen molar-refractivity contribution in [3.05, 3.63) is 203 Å². The van der Waals surface area contributed by atoms with Gasteiger partial charge in [0.2, 0.25) is 0 Å². The molecule has 10 rings (SSSR count).